The Morgan fingerprint density at radius 3 is 2.40 bits per heavy atom. The first-order chi connectivity index (χ1) is 9.79. The molecule has 0 aliphatic carbocycles. The fourth-order valence-electron chi connectivity index (χ4n) is 1.67. The van der Waals surface area contributed by atoms with E-state index >= 15 is 0 Å². The van der Waals surface area contributed by atoms with E-state index in [9.17, 15) is 4.79 Å². The van der Waals surface area contributed by atoms with E-state index in [-0.39, 0.29) is 12.6 Å². The van der Waals surface area contributed by atoms with Crippen molar-refractivity contribution in [2.75, 3.05) is 13.9 Å². The quantitative estimate of drug-likeness (QED) is 0.456. The molecule has 0 unspecified atom stereocenters. The number of carbonyl (C=O) groups excluding carboxylic acids is 1. The maximum absolute atomic E-state index is 11.9. The molecule has 0 heterocycles. The molecular formula is C17H16O3. The van der Waals surface area contributed by atoms with Gasteiger partial charge in [-0.05, 0) is 23.8 Å². The first kappa shape index (κ1) is 14.0. The molecule has 0 aromatic heterocycles. The standard InChI is InChI=1S/C17H16O3/c1-19-13-20-16-10-7-14(8-11-16)9-12-17(18)15-5-3-2-4-6-15/h2-12H,13H2,1H3/b12-9+. The van der Waals surface area contributed by atoms with Gasteiger partial charge in [-0.25, -0.2) is 0 Å². The molecule has 20 heavy (non-hydrogen) atoms. The normalized spacial score (nSPS) is 10.7. The number of ketones is 1. The van der Waals surface area contributed by atoms with Gasteiger partial charge in [-0.1, -0.05) is 48.5 Å². The zero-order chi connectivity index (χ0) is 14.2. The SMILES string of the molecule is COCOc1ccc(/C=C/C(=O)c2ccccc2)cc1. The molecule has 0 atom stereocenters. The highest BCUT2D eigenvalue weighted by Gasteiger charge is 1.99. The second-order valence-electron chi connectivity index (χ2n) is 4.18. The molecule has 2 rings (SSSR count). The maximum atomic E-state index is 11.9. The van der Waals surface area contributed by atoms with Crippen LogP contribution in [0.1, 0.15) is 15.9 Å². The summed E-state index contributed by atoms with van der Waals surface area (Å²) in [6.45, 7) is 0.224. The van der Waals surface area contributed by atoms with Gasteiger partial charge in [0, 0.05) is 12.7 Å². The molecule has 102 valence electrons. The molecule has 0 fully saturated rings. The first-order valence-corrected chi connectivity index (χ1v) is 6.29. The smallest absolute Gasteiger partial charge is 0.188 e. The van der Waals surface area contributed by atoms with Crippen LogP contribution in [0.2, 0.25) is 0 Å². The lowest BCUT2D eigenvalue weighted by Gasteiger charge is -2.04. The minimum atomic E-state index is -0.00897. The van der Waals surface area contributed by atoms with Gasteiger partial charge in [-0.3, -0.25) is 4.79 Å². The number of hydrogen-bond donors (Lipinski definition) is 0. The van der Waals surface area contributed by atoms with E-state index in [1.165, 1.54) is 0 Å². The van der Waals surface area contributed by atoms with Crippen LogP contribution in [-0.2, 0) is 4.74 Å². The lowest BCUT2D eigenvalue weighted by Crippen LogP contribution is -1.98. The third kappa shape index (κ3) is 4.07. The predicted octanol–water partition coefficient (Wildman–Crippen LogP) is 3.57. The van der Waals surface area contributed by atoms with Gasteiger partial charge in [0.05, 0.1) is 0 Å². The Hall–Kier alpha value is -2.39. The molecule has 0 spiro atoms. The highest BCUT2D eigenvalue weighted by Crippen LogP contribution is 2.13. The van der Waals surface area contributed by atoms with Crippen molar-refractivity contribution in [3.8, 4) is 5.75 Å². The maximum Gasteiger partial charge on any atom is 0.188 e. The van der Waals surface area contributed by atoms with Crippen LogP contribution in [0.15, 0.2) is 60.7 Å². The van der Waals surface area contributed by atoms with Crippen LogP contribution < -0.4 is 4.74 Å². The van der Waals surface area contributed by atoms with Crippen molar-refractivity contribution in [3.05, 3.63) is 71.8 Å². The fraction of sp³-hybridized carbons (Fsp3) is 0.118. The molecule has 0 aliphatic rings. The van der Waals surface area contributed by atoms with Crippen LogP contribution in [0.3, 0.4) is 0 Å². The van der Waals surface area contributed by atoms with Crippen molar-refractivity contribution in [1.29, 1.82) is 0 Å². The third-order valence-electron chi connectivity index (χ3n) is 2.71. The number of hydrogen-bond acceptors (Lipinski definition) is 3. The molecular weight excluding hydrogens is 252 g/mol. The highest BCUT2D eigenvalue weighted by molar-refractivity contribution is 6.06. The van der Waals surface area contributed by atoms with Crippen molar-refractivity contribution in [3.63, 3.8) is 0 Å². The number of ether oxygens (including phenoxy) is 2. The van der Waals surface area contributed by atoms with E-state index in [2.05, 4.69) is 0 Å². The lowest BCUT2D eigenvalue weighted by molar-refractivity contribution is 0.0511. The molecule has 2 aromatic rings. The Kier molecular flexibility index (Phi) is 5.09. The van der Waals surface area contributed by atoms with Gasteiger partial charge >= 0.3 is 0 Å². The van der Waals surface area contributed by atoms with Gasteiger partial charge in [0.15, 0.2) is 12.6 Å². The molecule has 0 radical (unpaired) electrons. The largest absolute Gasteiger partial charge is 0.468 e. The number of rotatable bonds is 6. The van der Waals surface area contributed by atoms with Gasteiger partial charge in [0.2, 0.25) is 0 Å². The number of benzene rings is 2. The Labute approximate surface area is 118 Å². The molecule has 0 bridgehead atoms. The summed E-state index contributed by atoms with van der Waals surface area (Å²) in [7, 11) is 1.58. The molecule has 0 amide bonds. The van der Waals surface area contributed by atoms with E-state index in [0.717, 1.165) is 11.3 Å². The van der Waals surface area contributed by atoms with Crippen molar-refractivity contribution >= 4 is 11.9 Å². The van der Waals surface area contributed by atoms with Crippen molar-refractivity contribution in [2.45, 2.75) is 0 Å². The Balaban J connectivity index is 1.99. The van der Waals surface area contributed by atoms with Crippen LogP contribution in [0, 0.1) is 0 Å². The van der Waals surface area contributed by atoms with Crippen molar-refractivity contribution < 1.29 is 14.3 Å². The summed E-state index contributed by atoms with van der Waals surface area (Å²) >= 11 is 0. The van der Waals surface area contributed by atoms with Crippen LogP contribution >= 0.6 is 0 Å². The van der Waals surface area contributed by atoms with E-state index in [1.54, 1.807) is 31.4 Å². The summed E-state index contributed by atoms with van der Waals surface area (Å²) in [4.78, 5) is 11.9. The fourth-order valence-corrected chi connectivity index (χ4v) is 1.67. The van der Waals surface area contributed by atoms with Gasteiger partial charge in [0.1, 0.15) is 5.75 Å². The van der Waals surface area contributed by atoms with E-state index in [4.69, 9.17) is 9.47 Å². The van der Waals surface area contributed by atoms with Crippen molar-refractivity contribution in [1.82, 2.24) is 0 Å². The summed E-state index contributed by atoms with van der Waals surface area (Å²) in [5.41, 5.74) is 1.63. The predicted molar refractivity (Wildman–Crippen MR) is 78.8 cm³/mol. The van der Waals surface area contributed by atoms with Crippen LogP contribution in [0.5, 0.6) is 5.75 Å². The van der Waals surface area contributed by atoms with Gasteiger partial charge in [-0.15, -0.1) is 0 Å². The van der Waals surface area contributed by atoms with E-state index in [1.807, 2.05) is 42.5 Å². The molecule has 3 nitrogen and oxygen atoms in total. The monoisotopic (exact) mass is 268 g/mol. The average Bonchev–Trinajstić information content (AvgIpc) is 2.52. The van der Waals surface area contributed by atoms with E-state index < -0.39 is 0 Å². The molecule has 3 heteroatoms. The Morgan fingerprint density at radius 2 is 1.75 bits per heavy atom. The lowest BCUT2D eigenvalue weighted by atomic mass is 10.1. The van der Waals surface area contributed by atoms with Gasteiger partial charge < -0.3 is 9.47 Å². The van der Waals surface area contributed by atoms with Crippen LogP contribution in [-0.4, -0.2) is 19.7 Å². The summed E-state index contributed by atoms with van der Waals surface area (Å²) < 4.78 is 10.1. The minimum Gasteiger partial charge on any atom is -0.468 e. The topological polar surface area (TPSA) is 35.5 Å². The van der Waals surface area contributed by atoms with Gasteiger partial charge in [0.25, 0.3) is 0 Å². The summed E-state index contributed by atoms with van der Waals surface area (Å²) in [6, 6.07) is 16.6. The summed E-state index contributed by atoms with van der Waals surface area (Å²) in [5.74, 6) is 0.726. The van der Waals surface area contributed by atoms with Crippen molar-refractivity contribution in [2.24, 2.45) is 0 Å². The molecule has 0 saturated carbocycles. The highest BCUT2D eigenvalue weighted by atomic mass is 16.7. The third-order valence-corrected chi connectivity index (χ3v) is 2.71. The van der Waals surface area contributed by atoms with Crippen LogP contribution in [0.25, 0.3) is 6.08 Å². The molecule has 0 saturated heterocycles. The zero-order valence-electron chi connectivity index (χ0n) is 11.3. The first-order valence-electron chi connectivity index (χ1n) is 6.29. The second-order valence-corrected chi connectivity index (χ2v) is 4.18. The van der Waals surface area contributed by atoms with Crippen LogP contribution in [0.4, 0.5) is 0 Å². The second kappa shape index (κ2) is 7.26. The number of carbonyl (C=O) groups is 1. The molecule has 0 aliphatic heterocycles. The zero-order valence-corrected chi connectivity index (χ0v) is 11.3. The minimum absolute atomic E-state index is 0.00897. The Morgan fingerprint density at radius 1 is 1.05 bits per heavy atom. The van der Waals surface area contributed by atoms with E-state index in [0.29, 0.717) is 5.56 Å². The number of allylic oxidation sites excluding steroid dienone is 1. The van der Waals surface area contributed by atoms with Gasteiger partial charge in [-0.2, -0.15) is 0 Å². The summed E-state index contributed by atoms with van der Waals surface area (Å²) in [6.07, 6.45) is 3.36. The molecule has 0 N–H and O–H groups in total. The average molecular weight is 268 g/mol. The Bertz CT molecular complexity index is 571. The number of methoxy groups -OCH3 is 1. The molecule has 2 aromatic carbocycles. The summed E-state index contributed by atoms with van der Waals surface area (Å²) in [5, 5.41) is 0.